The minimum Gasteiger partial charge on any atom is -0.487 e. The van der Waals surface area contributed by atoms with E-state index >= 15 is 0 Å². The van der Waals surface area contributed by atoms with Gasteiger partial charge in [-0.05, 0) is 52.7 Å². The fourth-order valence-corrected chi connectivity index (χ4v) is 1.86. The molecule has 0 aromatic heterocycles. The molecule has 0 spiro atoms. The zero-order valence-electron chi connectivity index (χ0n) is 12.9. The summed E-state index contributed by atoms with van der Waals surface area (Å²) in [5, 5.41) is 0. The maximum atomic E-state index is 5.94. The third-order valence-corrected chi connectivity index (χ3v) is 2.54. The molecule has 0 aliphatic carbocycles. The molecule has 3 nitrogen and oxygen atoms in total. The van der Waals surface area contributed by atoms with Crippen LogP contribution in [0.3, 0.4) is 0 Å². The third-order valence-electron chi connectivity index (χ3n) is 2.54. The number of hydrogen-bond acceptors (Lipinski definition) is 3. The van der Waals surface area contributed by atoms with Crippen molar-refractivity contribution in [2.45, 2.75) is 60.2 Å². The molecule has 0 fully saturated rings. The Morgan fingerprint density at radius 2 is 1.53 bits per heavy atom. The lowest BCUT2D eigenvalue weighted by Crippen LogP contribution is -2.12. The first-order valence-corrected chi connectivity index (χ1v) is 7.11. The van der Waals surface area contributed by atoms with Gasteiger partial charge in [0.15, 0.2) is 11.5 Å². The third kappa shape index (κ3) is 4.34. The van der Waals surface area contributed by atoms with Crippen LogP contribution in [-0.2, 0) is 6.42 Å². The van der Waals surface area contributed by atoms with Gasteiger partial charge in [0.2, 0.25) is 5.75 Å². The highest BCUT2D eigenvalue weighted by atomic mass is 16.5. The van der Waals surface area contributed by atoms with E-state index in [2.05, 4.69) is 13.0 Å². The Hall–Kier alpha value is -1.38. The topological polar surface area (TPSA) is 27.7 Å². The molecule has 0 saturated carbocycles. The van der Waals surface area contributed by atoms with Gasteiger partial charge in [0, 0.05) is 0 Å². The van der Waals surface area contributed by atoms with Crippen LogP contribution >= 0.6 is 0 Å². The van der Waals surface area contributed by atoms with E-state index in [1.807, 2.05) is 40.7 Å². The maximum absolute atomic E-state index is 5.94. The average Bonchev–Trinajstić information content (AvgIpc) is 2.32. The lowest BCUT2D eigenvalue weighted by atomic mass is 10.1. The molecule has 0 amide bonds. The molecule has 0 heterocycles. The molecule has 1 aromatic carbocycles. The van der Waals surface area contributed by atoms with E-state index < -0.39 is 0 Å². The van der Waals surface area contributed by atoms with Gasteiger partial charge >= 0.3 is 0 Å². The predicted octanol–water partition coefficient (Wildman–Crippen LogP) is 4.22. The Labute approximate surface area is 116 Å². The summed E-state index contributed by atoms with van der Waals surface area (Å²) in [4.78, 5) is 0. The van der Waals surface area contributed by atoms with E-state index in [1.54, 1.807) is 0 Å². The van der Waals surface area contributed by atoms with E-state index in [0.29, 0.717) is 6.61 Å². The average molecular weight is 266 g/mol. The van der Waals surface area contributed by atoms with Crippen LogP contribution in [0.25, 0.3) is 0 Å². The standard InChI is InChI=1S/C16H26O3/c1-7-13-9-10-14(18-11(3)4)16(17-8-2)15(13)19-12(5)6/h9-12H,7-8H2,1-6H3. The second-order valence-corrected chi connectivity index (χ2v) is 5.00. The molecule has 0 saturated heterocycles. The Bertz CT molecular complexity index is 397. The molecule has 1 rings (SSSR count). The minimum atomic E-state index is 0.110. The van der Waals surface area contributed by atoms with Crippen molar-refractivity contribution in [3.63, 3.8) is 0 Å². The van der Waals surface area contributed by atoms with Crippen LogP contribution in [0.5, 0.6) is 17.2 Å². The number of aryl methyl sites for hydroxylation is 1. The van der Waals surface area contributed by atoms with Gasteiger partial charge in [0.1, 0.15) is 0 Å². The van der Waals surface area contributed by atoms with Crippen molar-refractivity contribution < 1.29 is 14.2 Å². The summed E-state index contributed by atoms with van der Waals surface area (Å²) in [6.07, 6.45) is 1.13. The van der Waals surface area contributed by atoms with E-state index in [1.165, 1.54) is 0 Å². The van der Waals surface area contributed by atoms with Crippen LogP contribution in [0.4, 0.5) is 0 Å². The molecular formula is C16H26O3. The lowest BCUT2D eigenvalue weighted by Gasteiger charge is -2.21. The molecule has 0 aliphatic heterocycles. The second kappa shape index (κ2) is 7.27. The Kier molecular flexibility index (Phi) is 6.00. The minimum absolute atomic E-state index is 0.110. The summed E-state index contributed by atoms with van der Waals surface area (Å²) < 4.78 is 17.5. The van der Waals surface area contributed by atoms with Gasteiger partial charge in [-0.2, -0.15) is 0 Å². The normalized spacial score (nSPS) is 10.9. The van der Waals surface area contributed by atoms with Gasteiger partial charge in [0.05, 0.1) is 18.8 Å². The van der Waals surface area contributed by atoms with Gasteiger partial charge in [-0.3, -0.25) is 0 Å². The fraction of sp³-hybridized carbons (Fsp3) is 0.625. The highest BCUT2D eigenvalue weighted by Gasteiger charge is 2.18. The van der Waals surface area contributed by atoms with Crippen molar-refractivity contribution in [1.29, 1.82) is 0 Å². The van der Waals surface area contributed by atoms with E-state index in [-0.39, 0.29) is 12.2 Å². The van der Waals surface area contributed by atoms with Crippen molar-refractivity contribution in [1.82, 2.24) is 0 Å². The molecule has 1 aromatic rings. The van der Waals surface area contributed by atoms with Crippen LogP contribution in [0.2, 0.25) is 0 Å². The maximum Gasteiger partial charge on any atom is 0.203 e. The van der Waals surface area contributed by atoms with Crippen molar-refractivity contribution in [2.75, 3.05) is 6.61 Å². The van der Waals surface area contributed by atoms with Gasteiger partial charge < -0.3 is 14.2 Å². The molecule has 0 bridgehead atoms. The first-order valence-electron chi connectivity index (χ1n) is 7.11. The molecular weight excluding hydrogens is 240 g/mol. The summed E-state index contributed by atoms with van der Waals surface area (Å²) in [6, 6.07) is 4.02. The summed E-state index contributed by atoms with van der Waals surface area (Å²) in [6.45, 7) is 12.7. The lowest BCUT2D eigenvalue weighted by molar-refractivity contribution is 0.199. The van der Waals surface area contributed by atoms with Crippen molar-refractivity contribution in [2.24, 2.45) is 0 Å². The largest absolute Gasteiger partial charge is 0.487 e. The summed E-state index contributed by atoms with van der Waals surface area (Å²) in [5.41, 5.74) is 1.15. The zero-order chi connectivity index (χ0) is 14.4. The second-order valence-electron chi connectivity index (χ2n) is 5.00. The zero-order valence-corrected chi connectivity index (χ0v) is 12.9. The van der Waals surface area contributed by atoms with Crippen LogP contribution < -0.4 is 14.2 Å². The predicted molar refractivity (Wildman–Crippen MR) is 78.5 cm³/mol. The van der Waals surface area contributed by atoms with Crippen LogP contribution in [0, 0.1) is 0 Å². The molecule has 0 atom stereocenters. The monoisotopic (exact) mass is 266 g/mol. The summed E-state index contributed by atoms with van der Waals surface area (Å²) >= 11 is 0. The summed E-state index contributed by atoms with van der Waals surface area (Å²) in [5.74, 6) is 2.30. The highest BCUT2D eigenvalue weighted by Crippen LogP contribution is 2.41. The number of hydrogen-bond donors (Lipinski definition) is 0. The van der Waals surface area contributed by atoms with Crippen molar-refractivity contribution >= 4 is 0 Å². The smallest absolute Gasteiger partial charge is 0.203 e. The molecule has 0 unspecified atom stereocenters. The number of ether oxygens (including phenoxy) is 3. The highest BCUT2D eigenvalue weighted by molar-refractivity contribution is 5.56. The fourth-order valence-electron chi connectivity index (χ4n) is 1.86. The van der Waals surface area contributed by atoms with E-state index in [4.69, 9.17) is 14.2 Å². The van der Waals surface area contributed by atoms with E-state index in [0.717, 1.165) is 29.2 Å². The molecule has 108 valence electrons. The van der Waals surface area contributed by atoms with Crippen LogP contribution in [0.15, 0.2) is 12.1 Å². The van der Waals surface area contributed by atoms with E-state index in [9.17, 15) is 0 Å². The molecule has 0 radical (unpaired) electrons. The molecule has 0 aliphatic rings. The Morgan fingerprint density at radius 3 is 2.00 bits per heavy atom. The van der Waals surface area contributed by atoms with Crippen molar-refractivity contribution in [3.8, 4) is 17.2 Å². The summed E-state index contributed by atoms with van der Waals surface area (Å²) in [7, 11) is 0. The molecule has 19 heavy (non-hydrogen) atoms. The van der Waals surface area contributed by atoms with Gasteiger partial charge in [0.25, 0.3) is 0 Å². The molecule has 0 N–H and O–H groups in total. The number of rotatable bonds is 7. The van der Waals surface area contributed by atoms with Gasteiger partial charge in [-0.1, -0.05) is 13.0 Å². The first-order chi connectivity index (χ1) is 8.99. The van der Waals surface area contributed by atoms with Crippen molar-refractivity contribution in [3.05, 3.63) is 17.7 Å². The Balaban J connectivity index is 3.25. The SMILES string of the molecule is CCOc1c(OC(C)C)ccc(CC)c1OC(C)C. The molecule has 3 heteroatoms. The van der Waals surface area contributed by atoms with Crippen LogP contribution in [-0.4, -0.2) is 18.8 Å². The van der Waals surface area contributed by atoms with Crippen LogP contribution in [0.1, 0.15) is 47.1 Å². The van der Waals surface area contributed by atoms with Gasteiger partial charge in [-0.15, -0.1) is 0 Å². The quantitative estimate of drug-likeness (QED) is 0.739. The Morgan fingerprint density at radius 1 is 0.895 bits per heavy atom. The first kappa shape index (κ1) is 15.7. The van der Waals surface area contributed by atoms with Gasteiger partial charge in [-0.25, -0.2) is 0 Å². The number of benzene rings is 1.